The van der Waals surface area contributed by atoms with Crippen LogP contribution in [0.2, 0.25) is 0 Å². The second-order valence-electron chi connectivity index (χ2n) is 10.6. The van der Waals surface area contributed by atoms with Gasteiger partial charge in [-0.3, -0.25) is 0 Å². The summed E-state index contributed by atoms with van der Waals surface area (Å²) in [6.45, 7) is 18.6. The van der Waals surface area contributed by atoms with Crippen molar-refractivity contribution in [3.8, 4) is 0 Å². The molecule has 0 aromatic rings. The predicted molar refractivity (Wildman–Crippen MR) is 108 cm³/mol. The highest BCUT2D eigenvalue weighted by atomic mass is 16.7. The van der Waals surface area contributed by atoms with Crippen molar-refractivity contribution in [1.29, 1.82) is 0 Å². The zero-order valence-electron chi connectivity index (χ0n) is 18.2. The van der Waals surface area contributed by atoms with E-state index in [1.54, 1.807) is 0 Å². The Hall–Kier alpha value is -0.120. The Morgan fingerprint density at radius 3 is 2.38 bits per heavy atom. The minimum Gasteiger partial charge on any atom is -0.347 e. The number of ether oxygens (including phenoxy) is 2. The maximum atomic E-state index is 6.63. The molecular weight excluding hydrogens is 322 g/mol. The molecular formula is C23H43NO2. The van der Waals surface area contributed by atoms with E-state index in [4.69, 9.17) is 9.47 Å². The number of nitrogens with zero attached hydrogens (tertiary/aromatic N) is 1. The Morgan fingerprint density at radius 1 is 1.08 bits per heavy atom. The first-order chi connectivity index (χ1) is 12.2. The summed E-state index contributed by atoms with van der Waals surface area (Å²) in [5.41, 5.74) is 0.447. The van der Waals surface area contributed by atoms with E-state index < -0.39 is 0 Å². The van der Waals surface area contributed by atoms with Gasteiger partial charge < -0.3 is 14.4 Å². The van der Waals surface area contributed by atoms with Gasteiger partial charge in [-0.05, 0) is 48.9 Å². The Bertz CT molecular complexity index is 455. The van der Waals surface area contributed by atoms with Gasteiger partial charge in [-0.25, -0.2) is 0 Å². The van der Waals surface area contributed by atoms with Crippen LogP contribution in [0.4, 0.5) is 0 Å². The number of likely N-dealkylation sites (tertiary alicyclic amines) is 1. The average molecular weight is 366 g/mol. The molecule has 3 heteroatoms. The van der Waals surface area contributed by atoms with Crippen molar-refractivity contribution in [2.45, 2.75) is 92.0 Å². The first-order valence-corrected chi connectivity index (χ1v) is 11.3. The lowest BCUT2D eigenvalue weighted by atomic mass is 9.65. The highest BCUT2D eigenvalue weighted by molar-refractivity contribution is 4.94. The number of hydrogen-bond acceptors (Lipinski definition) is 3. The maximum absolute atomic E-state index is 6.63. The first kappa shape index (κ1) is 20.6. The van der Waals surface area contributed by atoms with Crippen LogP contribution in [-0.2, 0) is 9.47 Å². The van der Waals surface area contributed by atoms with Gasteiger partial charge in [-0.1, -0.05) is 48.0 Å². The van der Waals surface area contributed by atoms with Crippen LogP contribution in [0, 0.1) is 29.1 Å². The minimum absolute atomic E-state index is 0.259. The topological polar surface area (TPSA) is 21.7 Å². The molecule has 152 valence electrons. The van der Waals surface area contributed by atoms with Gasteiger partial charge in [0.25, 0.3) is 0 Å². The van der Waals surface area contributed by atoms with Crippen LogP contribution in [0.25, 0.3) is 0 Å². The fourth-order valence-electron chi connectivity index (χ4n) is 6.20. The van der Waals surface area contributed by atoms with Gasteiger partial charge >= 0.3 is 0 Å². The van der Waals surface area contributed by atoms with Crippen LogP contribution < -0.4 is 0 Å². The summed E-state index contributed by atoms with van der Waals surface area (Å²) < 4.78 is 13.0. The van der Waals surface area contributed by atoms with Gasteiger partial charge in [-0.15, -0.1) is 0 Å². The quantitative estimate of drug-likeness (QED) is 0.656. The second kappa shape index (κ2) is 8.09. The molecule has 2 heterocycles. The Balaban J connectivity index is 1.54. The van der Waals surface area contributed by atoms with Crippen molar-refractivity contribution in [2.24, 2.45) is 29.1 Å². The average Bonchev–Trinajstić information content (AvgIpc) is 2.93. The molecule has 1 saturated carbocycles. The van der Waals surface area contributed by atoms with E-state index in [1.165, 1.54) is 45.2 Å². The van der Waals surface area contributed by atoms with Crippen molar-refractivity contribution < 1.29 is 9.47 Å². The summed E-state index contributed by atoms with van der Waals surface area (Å²) in [5.74, 6) is 2.63. The SMILES string of the molecule is CCCC(C)(C)C1CCC2(OCC(CN3CC(C)CC(C)C3)O2)C(C)C1. The highest BCUT2D eigenvalue weighted by Crippen LogP contribution is 2.50. The van der Waals surface area contributed by atoms with Gasteiger partial charge in [0, 0.05) is 32.0 Å². The summed E-state index contributed by atoms with van der Waals surface area (Å²) >= 11 is 0. The molecule has 0 aromatic heterocycles. The smallest absolute Gasteiger partial charge is 0.171 e. The molecule has 1 aliphatic carbocycles. The number of piperidine rings is 1. The molecule has 2 aliphatic heterocycles. The monoisotopic (exact) mass is 365 g/mol. The van der Waals surface area contributed by atoms with Crippen LogP contribution in [0.15, 0.2) is 0 Å². The molecule has 3 fully saturated rings. The lowest BCUT2D eigenvalue weighted by Crippen LogP contribution is -2.47. The Kier molecular flexibility index (Phi) is 6.41. The standard InChI is InChI=1S/C23H43NO2/c1-7-9-22(5,6)20-8-10-23(19(4)12-20)25-16-21(26-23)15-24-13-17(2)11-18(3)14-24/h17-21H,7-16H2,1-6H3. The fraction of sp³-hybridized carbons (Fsp3) is 1.00. The Morgan fingerprint density at radius 2 is 1.77 bits per heavy atom. The van der Waals surface area contributed by atoms with E-state index >= 15 is 0 Å². The molecule has 0 radical (unpaired) electrons. The molecule has 0 N–H and O–H groups in total. The van der Waals surface area contributed by atoms with Gasteiger partial charge in [0.2, 0.25) is 0 Å². The third-order valence-electron chi connectivity index (χ3n) is 7.52. The van der Waals surface area contributed by atoms with E-state index in [9.17, 15) is 0 Å². The van der Waals surface area contributed by atoms with Crippen molar-refractivity contribution >= 4 is 0 Å². The number of rotatable bonds is 5. The van der Waals surface area contributed by atoms with Crippen LogP contribution in [0.3, 0.4) is 0 Å². The summed E-state index contributed by atoms with van der Waals surface area (Å²) in [6.07, 6.45) is 7.82. The zero-order valence-corrected chi connectivity index (χ0v) is 18.2. The molecule has 6 unspecified atom stereocenters. The largest absolute Gasteiger partial charge is 0.347 e. The molecule has 2 saturated heterocycles. The van der Waals surface area contributed by atoms with Crippen molar-refractivity contribution in [2.75, 3.05) is 26.2 Å². The minimum atomic E-state index is -0.295. The van der Waals surface area contributed by atoms with Gasteiger partial charge in [0.1, 0.15) is 0 Å². The van der Waals surface area contributed by atoms with Crippen LogP contribution >= 0.6 is 0 Å². The summed E-state index contributed by atoms with van der Waals surface area (Å²) in [6, 6.07) is 0. The lowest BCUT2D eigenvalue weighted by Gasteiger charge is -2.46. The van der Waals surface area contributed by atoms with E-state index in [0.29, 0.717) is 11.3 Å². The fourth-order valence-corrected chi connectivity index (χ4v) is 6.20. The molecule has 0 aromatic carbocycles. The van der Waals surface area contributed by atoms with Crippen LogP contribution in [0.1, 0.15) is 80.1 Å². The second-order valence-corrected chi connectivity index (χ2v) is 10.6. The predicted octanol–water partition coefficient (Wildman–Crippen LogP) is 5.34. The normalized spacial score (nSPS) is 42.5. The molecule has 0 bridgehead atoms. The number of hydrogen-bond donors (Lipinski definition) is 0. The van der Waals surface area contributed by atoms with Crippen molar-refractivity contribution in [3.63, 3.8) is 0 Å². The van der Waals surface area contributed by atoms with E-state index in [2.05, 4.69) is 46.4 Å². The molecule has 26 heavy (non-hydrogen) atoms. The summed E-state index contributed by atoms with van der Waals surface area (Å²) in [7, 11) is 0. The van der Waals surface area contributed by atoms with E-state index in [-0.39, 0.29) is 11.9 Å². The maximum Gasteiger partial charge on any atom is 0.171 e. The molecule has 3 nitrogen and oxygen atoms in total. The third kappa shape index (κ3) is 4.47. The van der Waals surface area contributed by atoms with Crippen molar-refractivity contribution in [3.05, 3.63) is 0 Å². The lowest BCUT2D eigenvalue weighted by molar-refractivity contribution is -0.229. The van der Waals surface area contributed by atoms with Crippen LogP contribution in [-0.4, -0.2) is 43.0 Å². The first-order valence-electron chi connectivity index (χ1n) is 11.3. The van der Waals surface area contributed by atoms with E-state index in [1.807, 2.05) is 0 Å². The summed E-state index contributed by atoms with van der Waals surface area (Å²) in [5, 5.41) is 0. The van der Waals surface area contributed by atoms with Gasteiger partial charge in [0.15, 0.2) is 5.79 Å². The Labute approximate surface area is 162 Å². The molecule has 3 rings (SSSR count). The molecule has 0 amide bonds. The van der Waals surface area contributed by atoms with Gasteiger partial charge in [-0.2, -0.15) is 0 Å². The van der Waals surface area contributed by atoms with E-state index in [0.717, 1.165) is 37.3 Å². The summed E-state index contributed by atoms with van der Waals surface area (Å²) in [4.78, 5) is 2.62. The molecule has 6 atom stereocenters. The van der Waals surface area contributed by atoms with Crippen molar-refractivity contribution in [1.82, 2.24) is 4.90 Å². The highest BCUT2D eigenvalue weighted by Gasteiger charge is 2.51. The zero-order chi connectivity index (χ0) is 18.9. The molecule has 1 spiro atoms. The third-order valence-corrected chi connectivity index (χ3v) is 7.52. The van der Waals surface area contributed by atoms with Gasteiger partial charge in [0.05, 0.1) is 12.7 Å². The molecule has 3 aliphatic rings. The van der Waals surface area contributed by atoms with Crippen LogP contribution in [0.5, 0.6) is 0 Å².